The summed E-state index contributed by atoms with van der Waals surface area (Å²) in [5.41, 5.74) is 4.01. The molecule has 0 aliphatic rings. The molecule has 0 spiro atoms. The van der Waals surface area contributed by atoms with Gasteiger partial charge in [-0.25, -0.2) is 0 Å². The molecule has 0 bridgehead atoms. The van der Waals surface area contributed by atoms with Crippen LogP contribution in [0, 0.1) is 13.8 Å². The highest BCUT2D eigenvalue weighted by Gasteiger charge is 2.12. The molecule has 5 nitrogen and oxygen atoms in total. The maximum atomic E-state index is 12.0. The van der Waals surface area contributed by atoms with Crippen molar-refractivity contribution in [3.8, 4) is 11.5 Å². The average molecular weight is 357 g/mol. The Morgan fingerprint density at radius 1 is 1.08 bits per heavy atom. The summed E-state index contributed by atoms with van der Waals surface area (Å²) in [5.74, 6) is 0.268. The van der Waals surface area contributed by atoms with E-state index in [2.05, 4.69) is 10.2 Å². The van der Waals surface area contributed by atoms with E-state index in [0.717, 1.165) is 16.7 Å². The highest BCUT2D eigenvalue weighted by atomic mass is 35.5. The Balaban J connectivity index is 1.57. The minimum absolute atomic E-state index is 0.0513. The molecule has 0 atom stereocenters. The van der Waals surface area contributed by atoms with Crippen LogP contribution in [0.1, 0.15) is 22.6 Å². The van der Waals surface area contributed by atoms with Gasteiger partial charge in [-0.05, 0) is 54.8 Å². The molecule has 0 saturated heterocycles. The number of aromatic nitrogens is 2. The van der Waals surface area contributed by atoms with Crippen LogP contribution in [0.5, 0.6) is 0 Å². The quantitative estimate of drug-likeness (QED) is 0.638. The van der Waals surface area contributed by atoms with Crippen LogP contribution in [-0.4, -0.2) is 16.2 Å². The fourth-order valence-corrected chi connectivity index (χ4v) is 2.42. The summed E-state index contributed by atoms with van der Waals surface area (Å²) in [7, 11) is 0. The smallest absolute Gasteiger partial charge is 0.310 e. The Labute approximate surface area is 150 Å². The van der Waals surface area contributed by atoms with Crippen molar-refractivity contribution in [1.82, 2.24) is 10.2 Å². The Hall–Kier alpha value is -2.66. The molecule has 6 heteroatoms. The van der Waals surface area contributed by atoms with Gasteiger partial charge in [0.05, 0.1) is 6.42 Å². The second-order valence-corrected chi connectivity index (χ2v) is 6.20. The molecule has 0 radical (unpaired) electrons. The Morgan fingerprint density at radius 3 is 2.56 bits per heavy atom. The van der Waals surface area contributed by atoms with Crippen molar-refractivity contribution in [2.24, 2.45) is 0 Å². The van der Waals surface area contributed by atoms with Gasteiger partial charge in [0, 0.05) is 10.6 Å². The van der Waals surface area contributed by atoms with Crippen molar-refractivity contribution in [2.75, 3.05) is 0 Å². The molecule has 0 fully saturated rings. The van der Waals surface area contributed by atoms with Gasteiger partial charge in [-0.15, -0.1) is 10.2 Å². The number of carbonyl (C=O) groups excluding carboxylic acids is 1. The highest BCUT2D eigenvalue weighted by molar-refractivity contribution is 6.30. The van der Waals surface area contributed by atoms with Crippen molar-refractivity contribution in [3.63, 3.8) is 0 Å². The van der Waals surface area contributed by atoms with Gasteiger partial charge in [0.2, 0.25) is 5.89 Å². The van der Waals surface area contributed by atoms with E-state index in [4.69, 9.17) is 20.8 Å². The number of rotatable bonds is 5. The maximum absolute atomic E-state index is 12.0. The largest absolute Gasteiger partial charge is 0.455 e. The minimum atomic E-state index is -0.338. The second kappa shape index (κ2) is 7.49. The van der Waals surface area contributed by atoms with Crippen LogP contribution in [0.4, 0.5) is 0 Å². The number of ether oxygens (including phenoxy) is 1. The van der Waals surface area contributed by atoms with Crippen LogP contribution in [0.3, 0.4) is 0 Å². The number of hydrogen-bond acceptors (Lipinski definition) is 5. The third kappa shape index (κ3) is 4.45. The summed E-state index contributed by atoms with van der Waals surface area (Å²) in [6.07, 6.45) is 0.208. The molecule has 25 heavy (non-hydrogen) atoms. The summed E-state index contributed by atoms with van der Waals surface area (Å²) < 4.78 is 10.7. The SMILES string of the molecule is Cc1ccc(CC(=O)OCc2nnc(-c3ccc(Cl)cc3)o2)cc1C. The lowest BCUT2D eigenvalue weighted by Gasteiger charge is -2.05. The standard InChI is InChI=1S/C19H17ClN2O3/c1-12-3-4-14(9-13(12)2)10-18(23)24-11-17-21-22-19(25-17)15-5-7-16(20)8-6-15/h3-9H,10-11H2,1-2H3. The fraction of sp³-hybridized carbons (Fsp3) is 0.211. The number of aryl methyl sites for hydroxylation is 2. The molecule has 2 aromatic carbocycles. The van der Waals surface area contributed by atoms with Crippen LogP contribution in [0.2, 0.25) is 5.02 Å². The van der Waals surface area contributed by atoms with Crippen LogP contribution in [0.15, 0.2) is 46.9 Å². The van der Waals surface area contributed by atoms with Gasteiger partial charge >= 0.3 is 5.97 Å². The predicted molar refractivity (Wildman–Crippen MR) is 94.2 cm³/mol. The zero-order valence-corrected chi connectivity index (χ0v) is 14.7. The summed E-state index contributed by atoms with van der Waals surface area (Å²) in [6.45, 7) is 4.00. The number of benzene rings is 2. The van der Waals surface area contributed by atoms with E-state index in [9.17, 15) is 4.79 Å². The van der Waals surface area contributed by atoms with Gasteiger partial charge in [-0.2, -0.15) is 0 Å². The maximum Gasteiger partial charge on any atom is 0.310 e. The van der Waals surface area contributed by atoms with Crippen molar-refractivity contribution >= 4 is 17.6 Å². The third-order valence-electron chi connectivity index (χ3n) is 3.83. The van der Waals surface area contributed by atoms with E-state index in [1.807, 2.05) is 32.0 Å². The highest BCUT2D eigenvalue weighted by Crippen LogP contribution is 2.20. The molecule has 1 heterocycles. The normalized spacial score (nSPS) is 10.7. The van der Waals surface area contributed by atoms with Crippen molar-refractivity contribution in [2.45, 2.75) is 26.9 Å². The van der Waals surface area contributed by atoms with E-state index in [-0.39, 0.29) is 24.9 Å². The van der Waals surface area contributed by atoms with Gasteiger partial charge < -0.3 is 9.15 Å². The number of hydrogen-bond donors (Lipinski definition) is 0. The number of carbonyl (C=O) groups is 1. The lowest BCUT2D eigenvalue weighted by molar-refractivity contribution is -0.144. The van der Waals surface area contributed by atoms with E-state index < -0.39 is 0 Å². The number of nitrogens with zero attached hydrogens (tertiary/aromatic N) is 2. The third-order valence-corrected chi connectivity index (χ3v) is 4.09. The van der Waals surface area contributed by atoms with Gasteiger partial charge in [0.1, 0.15) is 0 Å². The monoisotopic (exact) mass is 356 g/mol. The minimum Gasteiger partial charge on any atom is -0.455 e. The molecule has 128 valence electrons. The van der Waals surface area contributed by atoms with Crippen LogP contribution < -0.4 is 0 Å². The Kier molecular flexibility index (Phi) is 5.14. The van der Waals surface area contributed by atoms with E-state index in [1.54, 1.807) is 24.3 Å². The van der Waals surface area contributed by atoms with Gasteiger partial charge in [0.25, 0.3) is 5.89 Å². The zero-order chi connectivity index (χ0) is 17.8. The van der Waals surface area contributed by atoms with Crippen molar-refractivity contribution < 1.29 is 13.9 Å². The lowest BCUT2D eigenvalue weighted by Crippen LogP contribution is -2.08. The number of esters is 1. The van der Waals surface area contributed by atoms with E-state index in [1.165, 1.54) is 5.56 Å². The molecule has 0 amide bonds. The first kappa shape index (κ1) is 17.2. The first-order chi connectivity index (χ1) is 12.0. The Bertz CT molecular complexity index is 888. The molecule has 0 aliphatic carbocycles. The molecule has 0 N–H and O–H groups in total. The summed E-state index contributed by atoms with van der Waals surface area (Å²) in [4.78, 5) is 12.0. The van der Waals surface area contributed by atoms with Gasteiger partial charge in [0.15, 0.2) is 6.61 Å². The molecule has 3 rings (SSSR count). The Morgan fingerprint density at radius 2 is 1.84 bits per heavy atom. The van der Waals surface area contributed by atoms with Crippen LogP contribution in [0.25, 0.3) is 11.5 Å². The molecule has 0 aliphatic heterocycles. The molecular weight excluding hydrogens is 340 g/mol. The number of halogens is 1. The molecule has 0 unspecified atom stereocenters. The van der Waals surface area contributed by atoms with Gasteiger partial charge in [-0.1, -0.05) is 29.8 Å². The summed E-state index contributed by atoms with van der Waals surface area (Å²) in [6, 6.07) is 13.0. The molecule has 3 aromatic rings. The van der Waals surface area contributed by atoms with Gasteiger partial charge in [-0.3, -0.25) is 4.79 Å². The molecular formula is C19H17ClN2O3. The average Bonchev–Trinajstić information content (AvgIpc) is 3.06. The predicted octanol–water partition coefficient (Wildman–Crippen LogP) is 4.29. The van der Waals surface area contributed by atoms with Crippen LogP contribution in [-0.2, 0) is 22.6 Å². The first-order valence-corrected chi connectivity index (χ1v) is 8.19. The second-order valence-electron chi connectivity index (χ2n) is 5.76. The van der Waals surface area contributed by atoms with Crippen LogP contribution >= 0.6 is 11.6 Å². The zero-order valence-electron chi connectivity index (χ0n) is 14.0. The summed E-state index contributed by atoms with van der Waals surface area (Å²) in [5, 5.41) is 8.47. The fourth-order valence-electron chi connectivity index (χ4n) is 2.29. The molecule has 0 saturated carbocycles. The molecule has 1 aromatic heterocycles. The van der Waals surface area contributed by atoms with E-state index in [0.29, 0.717) is 10.9 Å². The summed E-state index contributed by atoms with van der Waals surface area (Å²) >= 11 is 5.85. The lowest BCUT2D eigenvalue weighted by atomic mass is 10.0. The van der Waals surface area contributed by atoms with E-state index >= 15 is 0 Å². The van der Waals surface area contributed by atoms with Crippen molar-refractivity contribution in [1.29, 1.82) is 0 Å². The first-order valence-electron chi connectivity index (χ1n) is 7.81. The topological polar surface area (TPSA) is 65.2 Å². The van der Waals surface area contributed by atoms with Crippen molar-refractivity contribution in [3.05, 3.63) is 70.1 Å².